The van der Waals surface area contributed by atoms with Crippen molar-refractivity contribution >= 4 is 17.2 Å². The van der Waals surface area contributed by atoms with Gasteiger partial charge in [0.2, 0.25) is 5.91 Å². The van der Waals surface area contributed by atoms with Crippen LogP contribution in [-0.4, -0.2) is 31.2 Å². The van der Waals surface area contributed by atoms with Crippen molar-refractivity contribution < 1.29 is 14.3 Å². The van der Waals surface area contributed by atoms with Crippen LogP contribution in [0.15, 0.2) is 30.5 Å². The van der Waals surface area contributed by atoms with Crippen LogP contribution in [-0.2, 0) is 16.1 Å². The Morgan fingerprint density at radius 2 is 2.26 bits per heavy atom. The third-order valence-corrected chi connectivity index (χ3v) is 4.95. The number of carbonyl (C=O) groups is 1. The molecule has 1 N–H and O–H groups in total. The van der Waals surface area contributed by atoms with E-state index in [0.29, 0.717) is 19.8 Å². The molecule has 2 heterocycles. The SMILES string of the molecule is COc1cccc(-c2ncc(CNC(=O)C3CCOCC3)s2)c1. The lowest BCUT2D eigenvalue weighted by molar-refractivity contribution is -0.128. The Kier molecular flexibility index (Phi) is 5.25. The number of hydrogen-bond acceptors (Lipinski definition) is 5. The molecule has 5 nitrogen and oxygen atoms in total. The zero-order chi connectivity index (χ0) is 16.1. The maximum Gasteiger partial charge on any atom is 0.223 e. The molecule has 1 aromatic heterocycles. The van der Waals surface area contributed by atoms with Gasteiger partial charge in [0.1, 0.15) is 10.8 Å². The molecule has 0 unspecified atom stereocenters. The molecule has 1 aliphatic heterocycles. The second-order valence-corrected chi connectivity index (χ2v) is 6.58. The molecule has 23 heavy (non-hydrogen) atoms. The summed E-state index contributed by atoms with van der Waals surface area (Å²) in [5, 5.41) is 3.94. The summed E-state index contributed by atoms with van der Waals surface area (Å²) in [4.78, 5) is 17.6. The number of thiazole rings is 1. The lowest BCUT2D eigenvalue weighted by atomic mass is 9.99. The minimum absolute atomic E-state index is 0.0783. The second-order valence-electron chi connectivity index (χ2n) is 5.47. The molecular formula is C17H20N2O3S. The molecule has 0 saturated carbocycles. The molecular weight excluding hydrogens is 312 g/mol. The molecule has 0 radical (unpaired) electrons. The van der Waals surface area contributed by atoms with Gasteiger partial charge < -0.3 is 14.8 Å². The maximum atomic E-state index is 12.1. The summed E-state index contributed by atoms with van der Waals surface area (Å²) < 4.78 is 10.5. The number of carbonyl (C=O) groups excluding carboxylic acids is 1. The van der Waals surface area contributed by atoms with E-state index in [1.54, 1.807) is 18.4 Å². The number of ether oxygens (including phenoxy) is 2. The Hall–Kier alpha value is -1.92. The van der Waals surface area contributed by atoms with Gasteiger partial charge in [-0.2, -0.15) is 0 Å². The Morgan fingerprint density at radius 1 is 1.43 bits per heavy atom. The largest absolute Gasteiger partial charge is 0.497 e. The third kappa shape index (κ3) is 4.09. The van der Waals surface area contributed by atoms with E-state index in [4.69, 9.17) is 9.47 Å². The van der Waals surface area contributed by atoms with E-state index in [2.05, 4.69) is 10.3 Å². The topological polar surface area (TPSA) is 60.5 Å². The van der Waals surface area contributed by atoms with Crippen molar-refractivity contribution in [2.45, 2.75) is 19.4 Å². The van der Waals surface area contributed by atoms with E-state index >= 15 is 0 Å². The molecule has 3 rings (SSSR count). The van der Waals surface area contributed by atoms with Gasteiger partial charge in [-0.3, -0.25) is 4.79 Å². The summed E-state index contributed by atoms with van der Waals surface area (Å²) in [7, 11) is 1.65. The molecule has 1 amide bonds. The van der Waals surface area contributed by atoms with Crippen LogP contribution in [0.3, 0.4) is 0 Å². The summed E-state index contributed by atoms with van der Waals surface area (Å²) in [5.74, 6) is 1.01. The highest BCUT2D eigenvalue weighted by Crippen LogP contribution is 2.28. The molecule has 0 aliphatic carbocycles. The number of hydrogen-bond donors (Lipinski definition) is 1. The molecule has 2 aromatic rings. The van der Waals surface area contributed by atoms with Crippen molar-refractivity contribution in [1.82, 2.24) is 10.3 Å². The number of amides is 1. The van der Waals surface area contributed by atoms with Gasteiger partial charge in [0.15, 0.2) is 0 Å². The van der Waals surface area contributed by atoms with Crippen molar-refractivity contribution in [2.24, 2.45) is 5.92 Å². The molecule has 6 heteroatoms. The van der Waals surface area contributed by atoms with Crippen LogP contribution in [0.25, 0.3) is 10.6 Å². The van der Waals surface area contributed by atoms with Crippen LogP contribution in [0.5, 0.6) is 5.75 Å². The van der Waals surface area contributed by atoms with Crippen molar-refractivity contribution in [3.8, 4) is 16.3 Å². The fourth-order valence-corrected chi connectivity index (χ4v) is 3.41. The van der Waals surface area contributed by atoms with Crippen LogP contribution in [0.4, 0.5) is 0 Å². The van der Waals surface area contributed by atoms with Gasteiger partial charge in [0.25, 0.3) is 0 Å². The first-order valence-electron chi connectivity index (χ1n) is 7.71. The normalized spacial score (nSPS) is 15.3. The number of benzene rings is 1. The first kappa shape index (κ1) is 16.0. The Bertz CT molecular complexity index is 665. The first-order valence-corrected chi connectivity index (χ1v) is 8.52. The smallest absolute Gasteiger partial charge is 0.223 e. The molecule has 1 aliphatic rings. The highest BCUT2D eigenvalue weighted by molar-refractivity contribution is 7.15. The van der Waals surface area contributed by atoms with Gasteiger partial charge in [-0.1, -0.05) is 12.1 Å². The van der Waals surface area contributed by atoms with Crippen LogP contribution < -0.4 is 10.1 Å². The van der Waals surface area contributed by atoms with Gasteiger partial charge in [-0.05, 0) is 25.0 Å². The van der Waals surface area contributed by atoms with E-state index in [1.165, 1.54) is 0 Å². The number of methoxy groups -OCH3 is 1. The predicted octanol–water partition coefficient (Wildman–Crippen LogP) is 2.86. The highest BCUT2D eigenvalue weighted by Gasteiger charge is 2.21. The lowest BCUT2D eigenvalue weighted by Gasteiger charge is -2.20. The van der Waals surface area contributed by atoms with Crippen molar-refractivity contribution in [1.29, 1.82) is 0 Å². The summed E-state index contributed by atoms with van der Waals surface area (Å²) >= 11 is 1.59. The van der Waals surface area contributed by atoms with Gasteiger partial charge >= 0.3 is 0 Å². The molecule has 1 saturated heterocycles. The number of rotatable bonds is 5. The van der Waals surface area contributed by atoms with Gasteiger partial charge in [-0.15, -0.1) is 11.3 Å². The maximum absolute atomic E-state index is 12.1. The van der Waals surface area contributed by atoms with E-state index < -0.39 is 0 Å². The Balaban J connectivity index is 1.59. The Morgan fingerprint density at radius 3 is 3.04 bits per heavy atom. The minimum Gasteiger partial charge on any atom is -0.497 e. The fourth-order valence-electron chi connectivity index (χ4n) is 2.56. The molecule has 0 spiro atoms. The van der Waals surface area contributed by atoms with E-state index in [1.807, 2.05) is 30.5 Å². The number of nitrogens with zero attached hydrogens (tertiary/aromatic N) is 1. The van der Waals surface area contributed by atoms with E-state index in [9.17, 15) is 4.79 Å². The number of aromatic nitrogens is 1. The highest BCUT2D eigenvalue weighted by atomic mass is 32.1. The molecule has 0 atom stereocenters. The molecule has 122 valence electrons. The van der Waals surface area contributed by atoms with Crippen LogP contribution >= 0.6 is 11.3 Å². The van der Waals surface area contributed by atoms with Crippen molar-refractivity contribution in [3.05, 3.63) is 35.3 Å². The molecule has 1 fully saturated rings. The second kappa shape index (κ2) is 7.57. The lowest BCUT2D eigenvalue weighted by Crippen LogP contribution is -2.33. The monoisotopic (exact) mass is 332 g/mol. The summed E-state index contributed by atoms with van der Waals surface area (Å²) in [6.45, 7) is 1.88. The quantitative estimate of drug-likeness (QED) is 0.914. The number of nitrogens with one attached hydrogen (secondary N) is 1. The van der Waals surface area contributed by atoms with Gasteiger partial charge in [0.05, 0.1) is 13.7 Å². The molecule has 1 aromatic carbocycles. The van der Waals surface area contributed by atoms with E-state index in [-0.39, 0.29) is 11.8 Å². The van der Waals surface area contributed by atoms with Gasteiger partial charge in [0, 0.05) is 35.8 Å². The first-order chi connectivity index (χ1) is 11.3. The minimum atomic E-state index is 0.0783. The van der Waals surface area contributed by atoms with E-state index in [0.717, 1.165) is 34.0 Å². The van der Waals surface area contributed by atoms with Crippen molar-refractivity contribution in [2.75, 3.05) is 20.3 Å². The van der Waals surface area contributed by atoms with Crippen molar-refractivity contribution in [3.63, 3.8) is 0 Å². The predicted molar refractivity (Wildman–Crippen MR) is 89.5 cm³/mol. The standard InChI is InChI=1S/C17H20N2O3S/c1-21-14-4-2-3-13(9-14)17-19-11-15(23-17)10-18-16(20)12-5-7-22-8-6-12/h2-4,9,11-12H,5-8,10H2,1H3,(H,18,20). The van der Waals surface area contributed by atoms with Gasteiger partial charge in [-0.25, -0.2) is 4.98 Å². The zero-order valence-corrected chi connectivity index (χ0v) is 13.9. The summed E-state index contributed by atoms with van der Waals surface area (Å²) in [6, 6.07) is 7.82. The van der Waals surface area contributed by atoms with Crippen LogP contribution in [0, 0.1) is 5.92 Å². The average Bonchev–Trinajstić information content (AvgIpc) is 3.09. The fraction of sp³-hybridized carbons (Fsp3) is 0.412. The zero-order valence-electron chi connectivity index (χ0n) is 13.1. The Labute approximate surface area is 139 Å². The third-order valence-electron chi connectivity index (χ3n) is 3.90. The van der Waals surface area contributed by atoms with Crippen LogP contribution in [0.2, 0.25) is 0 Å². The molecule has 0 bridgehead atoms. The summed E-state index contributed by atoms with van der Waals surface area (Å²) in [5.41, 5.74) is 1.02. The summed E-state index contributed by atoms with van der Waals surface area (Å²) in [6.07, 6.45) is 3.44. The average molecular weight is 332 g/mol. The van der Waals surface area contributed by atoms with Crippen LogP contribution in [0.1, 0.15) is 17.7 Å².